The average Bonchev–Trinajstić information content (AvgIpc) is 2.54. The zero-order valence-corrected chi connectivity index (χ0v) is 15.3. The largest absolute Gasteiger partial charge is 0.337 e. The van der Waals surface area contributed by atoms with Crippen LogP contribution in [0.5, 0.6) is 0 Å². The van der Waals surface area contributed by atoms with Crippen LogP contribution in [0.3, 0.4) is 0 Å². The van der Waals surface area contributed by atoms with E-state index >= 15 is 0 Å². The van der Waals surface area contributed by atoms with Crippen molar-refractivity contribution < 1.29 is 13.2 Å². The molecule has 7 heteroatoms. The van der Waals surface area contributed by atoms with Crippen LogP contribution in [0.15, 0.2) is 48.5 Å². The highest BCUT2D eigenvalue weighted by Crippen LogP contribution is 2.23. The van der Waals surface area contributed by atoms with Gasteiger partial charge in [0, 0.05) is 25.7 Å². The predicted molar refractivity (Wildman–Crippen MR) is 96.9 cm³/mol. The fraction of sp³-hybridized carbons (Fsp3) is 0.235. The maximum atomic E-state index is 12.7. The highest BCUT2D eigenvalue weighted by molar-refractivity contribution is 7.92. The Hall–Kier alpha value is -2.05. The van der Waals surface area contributed by atoms with Crippen LogP contribution in [-0.4, -0.2) is 39.6 Å². The van der Waals surface area contributed by atoms with E-state index in [9.17, 15) is 13.2 Å². The number of anilines is 1. The summed E-state index contributed by atoms with van der Waals surface area (Å²) in [5.74, 6) is -0.254. The van der Waals surface area contributed by atoms with Crippen LogP contribution in [0.25, 0.3) is 0 Å². The van der Waals surface area contributed by atoms with Crippen LogP contribution in [0.2, 0.25) is 5.02 Å². The zero-order valence-electron chi connectivity index (χ0n) is 13.7. The Morgan fingerprint density at radius 3 is 2.21 bits per heavy atom. The molecular weight excluding hydrogens is 348 g/mol. The van der Waals surface area contributed by atoms with E-state index in [0.29, 0.717) is 22.8 Å². The summed E-state index contributed by atoms with van der Waals surface area (Å²) < 4.78 is 24.7. The molecule has 0 aliphatic heterocycles. The second-order valence-electron chi connectivity index (χ2n) is 5.54. The Balaban J connectivity index is 2.27. The Bertz CT molecular complexity index is 835. The van der Waals surface area contributed by atoms with E-state index in [1.54, 1.807) is 43.4 Å². The van der Waals surface area contributed by atoms with Crippen molar-refractivity contribution in [3.8, 4) is 0 Å². The normalized spacial score (nSPS) is 11.2. The summed E-state index contributed by atoms with van der Waals surface area (Å²) in [5.41, 5.74) is 1.62. The van der Waals surface area contributed by atoms with Gasteiger partial charge in [0.2, 0.25) is 10.0 Å². The molecule has 2 rings (SSSR count). The second-order valence-corrected chi connectivity index (χ2v) is 7.99. The highest BCUT2D eigenvalue weighted by Gasteiger charge is 2.21. The molecule has 0 fully saturated rings. The van der Waals surface area contributed by atoms with Gasteiger partial charge in [0.05, 0.1) is 17.5 Å². The SMILES string of the molecule is CN(Cc1ccc(Cl)cc1)C(=O)c1ccccc1N(C)S(C)(=O)=O. The van der Waals surface area contributed by atoms with E-state index in [-0.39, 0.29) is 5.91 Å². The number of para-hydroxylation sites is 1. The monoisotopic (exact) mass is 366 g/mol. The fourth-order valence-electron chi connectivity index (χ4n) is 2.25. The molecule has 0 aliphatic carbocycles. The zero-order chi connectivity index (χ0) is 17.9. The van der Waals surface area contributed by atoms with Crippen molar-refractivity contribution in [3.05, 3.63) is 64.7 Å². The third kappa shape index (κ3) is 4.27. The van der Waals surface area contributed by atoms with Crippen molar-refractivity contribution in [1.82, 2.24) is 4.90 Å². The molecule has 128 valence electrons. The molecule has 0 spiro atoms. The molecule has 0 N–H and O–H groups in total. The van der Waals surface area contributed by atoms with Crippen LogP contribution in [0, 0.1) is 0 Å². The summed E-state index contributed by atoms with van der Waals surface area (Å²) in [4.78, 5) is 14.3. The first kappa shape index (κ1) is 18.3. The average molecular weight is 367 g/mol. The number of sulfonamides is 1. The third-order valence-electron chi connectivity index (χ3n) is 3.65. The molecular formula is C17H19ClN2O3S. The first-order chi connectivity index (χ1) is 11.2. The summed E-state index contributed by atoms with van der Waals surface area (Å²) >= 11 is 5.86. The number of carbonyl (C=O) groups is 1. The van der Waals surface area contributed by atoms with E-state index in [4.69, 9.17) is 11.6 Å². The number of benzene rings is 2. The quantitative estimate of drug-likeness (QED) is 0.817. The molecule has 0 unspecified atom stereocenters. The van der Waals surface area contributed by atoms with E-state index in [2.05, 4.69) is 0 Å². The van der Waals surface area contributed by atoms with Gasteiger partial charge in [-0.1, -0.05) is 35.9 Å². The number of hydrogen-bond donors (Lipinski definition) is 0. The summed E-state index contributed by atoms with van der Waals surface area (Å²) in [6, 6.07) is 13.9. The van der Waals surface area contributed by atoms with Crippen LogP contribution >= 0.6 is 11.6 Å². The van der Waals surface area contributed by atoms with Crippen molar-refractivity contribution in [2.75, 3.05) is 24.7 Å². The van der Waals surface area contributed by atoms with Gasteiger partial charge in [-0.15, -0.1) is 0 Å². The Morgan fingerprint density at radius 1 is 1.04 bits per heavy atom. The molecule has 0 bridgehead atoms. The number of amides is 1. The number of hydrogen-bond acceptors (Lipinski definition) is 3. The standard InChI is InChI=1S/C17H19ClN2O3S/c1-19(12-13-8-10-14(18)11-9-13)17(21)15-6-4-5-7-16(15)20(2)24(3,22)23/h4-11H,12H2,1-3H3. The lowest BCUT2D eigenvalue weighted by Gasteiger charge is -2.23. The van der Waals surface area contributed by atoms with E-state index in [0.717, 1.165) is 16.1 Å². The van der Waals surface area contributed by atoms with Gasteiger partial charge in [0.1, 0.15) is 0 Å². The minimum absolute atomic E-state index is 0.254. The summed E-state index contributed by atoms with van der Waals surface area (Å²) in [5, 5.41) is 0.632. The Labute approximate surface area is 147 Å². The van der Waals surface area contributed by atoms with Crippen molar-refractivity contribution in [2.45, 2.75) is 6.54 Å². The smallest absolute Gasteiger partial charge is 0.256 e. The first-order valence-electron chi connectivity index (χ1n) is 7.23. The van der Waals surface area contributed by atoms with Crippen LogP contribution < -0.4 is 4.31 Å². The van der Waals surface area contributed by atoms with Crippen LogP contribution in [-0.2, 0) is 16.6 Å². The summed E-state index contributed by atoms with van der Waals surface area (Å²) in [6.07, 6.45) is 1.10. The lowest BCUT2D eigenvalue weighted by Crippen LogP contribution is -2.31. The van der Waals surface area contributed by atoms with E-state index in [1.165, 1.54) is 11.9 Å². The predicted octanol–water partition coefficient (Wildman–Crippen LogP) is 3.01. The topological polar surface area (TPSA) is 57.7 Å². The summed E-state index contributed by atoms with van der Waals surface area (Å²) in [7, 11) is -0.347. The van der Waals surface area contributed by atoms with Crippen LogP contribution in [0.1, 0.15) is 15.9 Å². The molecule has 0 aliphatic rings. The van der Waals surface area contributed by atoms with Gasteiger partial charge in [-0.25, -0.2) is 8.42 Å². The number of rotatable bonds is 5. The number of carbonyl (C=O) groups excluding carboxylic acids is 1. The van der Waals surface area contributed by atoms with Gasteiger partial charge in [-0.3, -0.25) is 9.10 Å². The van der Waals surface area contributed by atoms with Crippen molar-refractivity contribution in [1.29, 1.82) is 0 Å². The molecule has 5 nitrogen and oxygen atoms in total. The van der Waals surface area contributed by atoms with Crippen LogP contribution in [0.4, 0.5) is 5.69 Å². The van der Waals surface area contributed by atoms with Crippen molar-refractivity contribution in [2.24, 2.45) is 0 Å². The maximum absolute atomic E-state index is 12.7. The second kappa shape index (κ2) is 7.23. The molecule has 0 aromatic heterocycles. The van der Waals surface area contributed by atoms with Gasteiger partial charge >= 0.3 is 0 Å². The van der Waals surface area contributed by atoms with E-state index < -0.39 is 10.0 Å². The molecule has 0 saturated heterocycles. The van der Waals surface area contributed by atoms with Crippen molar-refractivity contribution >= 4 is 33.2 Å². The first-order valence-corrected chi connectivity index (χ1v) is 9.45. The minimum atomic E-state index is -3.45. The third-order valence-corrected chi connectivity index (χ3v) is 5.09. The molecule has 1 amide bonds. The lowest BCUT2D eigenvalue weighted by molar-refractivity contribution is 0.0786. The molecule has 0 radical (unpaired) electrons. The van der Waals surface area contributed by atoms with Gasteiger partial charge in [-0.2, -0.15) is 0 Å². The van der Waals surface area contributed by atoms with Gasteiger partial charge in [-0.05, 0) is 29.8 Å². The van der Waals surface area contributed by atoms with Gasteiger partial charge in [0.15, 0.2) is 0 Å². The minimum Gasteiger partial charge on any atom is -0.337 e. The molecule has 0 heterocycles. The number of halogens is 1. The Kier molecular flexibility index (Phi) is 5.51. The van der Waals surface area contributed by atoms with Gasteiger partial charge < -0.3 is 4.90 Å². The molecule has 2 aromatic rings. The molecule has 2 aromatic carbocycles. The van der Waals surface area contributed by atoms with Gasteiger partial charge in [0.25, 0.3) is 5.91 Å². The molecule has 0 saturated carbocycles. The molecule has 0 atom stereocenters. The maximum Gasteiger partial charge on any atom is 0.256 e. The Morgan fingerprint density at radius 2 is 1.62 bits per heavy atom. The molecule has 24 heavy (non-hydrogen) atoms. The van der Waals surface area contributed by atoms with E-state index in [1.807, 2.05) is 12.1 Å². The fourth-order valence-corrected chi connectivity index (χ4v) is 2.89. The lowest BCUT2D eigenvalue weighted by atomic mass is 10.1. The number of nitrogens with zero attached hydrogens (tertiary/aromatic N) is 2. The summed E-state index contributed by atoms with van der Waals surface area (Å²) in [6.45, 7) is 0.396. The van der Waals surface area contributed by atoms with Crippen molar-refractivity contribution in [3.63, 3.8) is 0 Å². The highest BCUT2D eigenvalue weighted by atomic mass is 35.5.